The Balaban J connectivity index is 1.84. The van der Waals surface area contributed by atoms with Gasteiger partial charge in [0, 0.05) is 41.0 Å². The van der Waals surface area contributed by atoms with Crippen molar-refractivity contribution in [1.29, 1.82) is 0 Å². The number of nitrogens with one attached hydrogen (secondary N) is 2. The highest BCUT2D eigenvalue weighted by atomic mass is 35.5. The summed E-state index contributed by atoms with van der Waals surface area (Å²) in [5.41, 5.74) is 1.86. The van der Waals surface area contributed by atoms with Crippen LogP contribution < -0.4 is 15.6 Å². The lowest BCUT2D eigenvalue weighted by molar-refractivity contribution is 0.399. The van der Waals surface area contributed by atoms with E-state index >= 15 is 0 Å². The molecule has 0 fully saturated rings. The molecule has 1 aliphatic carbocycles. The second kappa shape index (κ2) is 7.44. The lowest BCUT2D eigenvalue weighted by Crippen LogP contribution is -2.15. The Kier molecular flexibility index (Phi) is 4.83. The number of hydrogen-bond acceptors (Lipinski definition) is 5. The molecule has 0 radical (unpaired) electrons. The first kappa shape index (κ1) is 18.2. The average Bonchev–Trinajstić information content (AvgIpc) is 2.71. The van der Waals surface area contributed by atoms with Crippen LogP contribution >= 0.6 is 11.6 Å². The first-order valence-electron chi connectivity index (χ1n) is 8.59. The van der Waals surface area contributed by atoms with Crippen LogP contribution in [0, 0.1) is 0 Å². The minimum atomic E-state index is -0.462. The van der Waals surface area contributed by atoms with E-state index < -0.39 is 5.56 Å². The topological polar surface area (TPSA) is 79.9 Å². The molecule has 0 saturated heterocycles. The van der Waals surface area contributed by atoms with Crippen molar-refractivity contribution in [2.24, 2.45) is 0 Å². The molecule has 3 aromatic heterocycles. The predicted octanol–water partition coefficient (Wildman–Crippen LogP) is 4.67. The van der Waals surface area contributed by atoms with Gasteiger partial charge in [-0.1, -0.05) is 11.6 Å². The molecule has 0 unspecified atom stereocenters. The number of H-pyrrole nitrogens is 1. The second-order valence-corrected chi connectivity index (χ2v) is 6.73. The van der Waals surface area contributed by atoms with Crippen molar-refractivity contribution >= 4 is 39.5 Å². The molecule has 3 aromatic rings. The molecule has 1 aliphatic rings. The lowest BCUT2D eigenvalue weighted by Gasteiger charge is -2.16. The molecular weight excluding hydrogens is 383 g/mol. The van der Waals surface area contributed by atoms with Gasteiger partial charge in [-0.05, 0) is 30.7 Å². The summed E-state index contributed by atoms with van der Waals surface area (Å²) in [6.45, 7) is 0. The van der Waals surface area contributed by atoms with E-state index in [4.69, 9.17) is 16.3 Å². The van der Waals surface area contributed by atoms with E-state index in [-0.39, 0.29) is 29.3 Å². The molecule has 4 rings (SSSR count). The van der Waals surface area contributed by atoms with E-state index in [9.17, 15) is 9.18 Å². The van der Waals surface area contributed by atoms with E-state index in [2.05, 4.69) is 20.3 Å². The molecule has 8 heteroatoms. The summed E-state index contributed by atoms with van der Waals surface area (Å²) in [5.74, 6) is -0.140. The van der Waals surface area contributed by atoms with Gasteiger partial charge in [-0.2, -0.15) is 0 Å². The molecule has 0 aromatic carbocycles. The molecule has 0 saturated carbocycles. The number of aromatic nitrogens is 3. The van der Waals surface area contributed by atoms with Gasteiger partial charge in [0.2, 0.25) is 5.88 Å². The molecule has 142 valence electrons. The van der Waals surface area contributed by atoms with E-state index in [1.54, 1.807) is 36.8 Å². The number of hydrogen-bond donors (Lipinski definition) is 2. The number of aromatic amines is 1. The van der Waals surface area contributed by atoms with Crippen LogP contribution in [0.25, 0.3) is 16.5 Å². The van der Waals surface area contributed by atoms with Crippen molar-refractivity contribution in [3.8, 4) is 5.88 Å². The number of halogens is 2. The van der Waals surface area contributed by atoms with Crippen molar-refractivity contribution in [1.82, 2.24) is 15.0 Å². The maximum atomic E-state index is 14.4. The number of allylic oxidation sites excluding steroid dienone is 4. The van der Waals surface area contributed by atoms with E-state index in [1.807, 2.05) is 0 Å². The van der Waals surface area contributed by atoms with Gasteiger partial charge in [0.05, 0.1) is 23.9 Å². The number of pyridine rings is 3. The van der Waals surface area contributed by atoms with E-state index in [0.29, 0.717) is 17.1 Å². The third-order valence-corrected chi connectivity index (χ3v) is 4.79. The number of anilines is 2. The molecule has 0 amide bonds. The summed E-state index contributed by atoms with van der Waals surface area (Å²) < 4.78 is 19.7. The molecule has 0 atom stereocenters. The zero-order chi connectivity index (χ0) is 19.7. The van der Waals surface area contributed by atoms with Gasteiger partial charge in [0.1, 0.15) is 11.5 Å². The minimum Gasteiger partial charge on any atom is -0.481 e. The maximum absolute atomic E-state index is 14.4. The van der Waals surface area contributed by atoms with Crippen molar-refractivity contribution in [3.63, 3.8) is 0 Å². The molecular formula is C20H16ClFN4O2. The van der Waals surface area contributed by atoms with Gasteiger partial charge in [0.25, 0.3) is 5.56 Å². The summed E-state index contributed by atoms with van der Waals surface area (Å²) in [7, 11) is 1.44. The highest BCUT2D eigenvalue weighted by molar-refractivity contribution is 6.30. The predicted molar refractivity (Wildman–Crippen MR) is 108 cm³/mol. The number of fused-ring (bicyclic) bond motifs is 1. The molecule has 6 nitrogen and oxygen atoms in total. The van der Waals surface area contributed by atoms with Crippen LogP contribution in [0.2, 0.25) is 0 Å². The highest BCUT2D eigenvalue weighted by Gasteiger charge is 2.19. The quantitative estimate of drug-likeness (QED) is 0.667. The number of methoxy groups -OCH3 is 1. The zero-order valence-corrected chi connectivity index (χ0v) is 15.7. The normalized spacial score (nSPS) is 14.2. The summed E-state index contributed by atoms with van der Waals surface area (Å²) >= 11 is 6.07. The lowest BCUT2D eigenvalue weighted by atomic mass is 9.99. The fourth-order valence-electron chi connectivity index (χ4n) is 3.11. The van der Waals surface area contributed by atoms with Crippen LogP contribution in [0.5, 0.6) is 5.88 Å². The van der Waals surface area contributed by atoms with Gasteiger partial charge < -0.3 is 10.1 Å². The number of nitrogens with zero attached hydrogens (tertiary/aromatic N) is 2. The van der Waals surface area contributed by atoms with Crippen molar-refractivity contribution in [3.05, 3.63) is 69.6 Å². The van der Waals surface area contributed by atoms with Gasteiger partial charge in [-0.3, -0.25) is 19.7 Å². The van der Waals surface area contributed by atoms with Gasteiger partial charge in [-0.25, -0.2) is 4.39 Å². The Bertz CT molecular complexity index is 1180. The standard InChI is InChI=1S/C20H16ClFN4O2/c1-28-20-18(25-17-5-7-24-16-4-6-23-10-14(16)17)9-13(19(27)26-20)12-8-11(21)2-3-15(12)22/h4-10H,2-3H2,1H3,(H,24,25)(H,26,27). The third-order valence-electron chi connectivity index (χ3n) is 4.49. The van der Waals surface area contributed by atoms with Crippen LogP contribution in [0.3, 0.4) is 0 Å². The molecule has 3 heterocycles. The third kappa shape index (κ3) is 3.36. The summed E-state index contributed by atoms with van der Waals surface area (Å²) in [6.07, 6.45) is 7.09. The van der Waals surface area contributed by atoms with Gasteiger partial charge in [-0.15, -0.1) is 0 Å². The molecule has 28 heavy (non-hydrogen) atoms. The Morgan fingerprint density at radius 3 is 2.93 bits per heavy atom. The highest BCUT2D eigenvalue weighted by Crippen LogP contribution is 2.35. The number of ether oxygens (including phenoxy) is 1. The van der Waals surface area contributed by atoms with Crippen molar-refractivity contribution in [2.45, 2.75) is 12.8 Å². The van der Waals surface area contributed by atoms with E-state index in [1.165, 1.54) is 13.2 Å². The smallest absolute Gasteiger partial charge is 0.258 e. The Labute approximate surface area is 164 Å². The number of rotatable bonds is 4. The summed E-state index contributed by atoms with van der Waals surface area (Å²) in [6, 6.07) is 5.14. The van der Waals surface area contributed by atoms with Crippen LogP contribution in [0.1, 0.15) is 18.4 Å². The second-order valence-electron chi connectivity index (χ2n) is 6.25. The molecule has 0 bridgehead atoms. The largest absolute Gasteiger partial charge is 0.481 e. The zero-order valence-electron chi connectivity index (χ0n) is 14.9. The van der Waals surface area contributed by atoms with Crippen LogP contribution in [0.4, 0.5) is 15.8 Å². The fraction of sp³-hybridized carbons (Fsp3) is 0.150. The minimum absolute atomic E-state index is 0.166. The first-order chi connectivity index (χ1) is 13.6. The maximum Gasteiger partial charge on any atom is 0.258 e. The summed E-state index contributed by atoms with van der Waals surface area (Å²) in [4.78, 5) is 23.6. The molecule has 2 N–H and O–H groups in total. The van der Waals surface area contributed by atoms with Crippen molar-refractivity contribution < 1.29 is 9.13 Å². The Morgan fingerprint density at radius 2 is 2.11 bits per heavy atom. The van der Waals surface area contributed by atoms with Gasteiger partial charge >= 0.3 is 0 Å². The first-order valence-corrected chi connectivity index (χ1v) is 8.97. The summed E-state index contributed by atoms with van der Waals surface area (Å²) in [5, 5.41) is 4.53. The fourth-order valence-corrected chi connectivity index (χ4v) is 3.31. The van der Waals surface area contributed by atoms with Crippen LogP contribution in [-0.2, 0) is 0 Å². The Hall–Kier alpha value is -3.19. The molecule has 0 spiro atoms. The molecule has 0 aliphatic heterocycles. The van der Waals surface area contributed by atoms with Crippen molar-refractivity contribution in [2.75, 3.05) is 12.4 Å². The monoisotopic (exact) mass is 398 g/mol. The van der Waals surface area contributed by atoms with Crippen LogP contribution in [-0.4, -0.2) is 22.1 Å². The Morgan fingerprint density at radius 1 is 1.25 bits per heavy atom. The van der Waals surface area contributed by atoms with Crippen LogP contribution in [0.15, 0.2) is 58.5 Å². The van der Waals surface area contributed by atoms with Gasteiger partial charge in [0.15, 0.2) is 0 Å². The SMILES string of the molecule is COc1[nH]c(=O)c(C2=C(F)CCC(Cl)=C2)cc1Nc1ccnc2ccncc12. The average molecular weight is 399 g/mol. The van der Waals surface area contributed by atoms with E-state index in [0.717, 1.165) is 16.6 Å².